The lowest BCUT2D eigenvalue weighted by atomic mass is 9.98. The molecular formula is C27H20BrNO4. The van der Waals surface area contributed by atoms with Gasteiger partial charge in [0.1, 0.15) is 17.9 Å². The van der Waals surface area contributed by atoms with E-state index in [9.17, 15) is 9.59 Å². The standard InChI is InChI=1S/C27H20BrNO4/c1-3-14-32-20-11-5-17(6-12-20)24-23-25(30)21-15-16(2)4-13-22(21)33-26(23)27(31)29(24)19-9-7-18(28)8-10-19/h3-13,15,24H,1,14H2,2H3. The van der Waals surface area contributed by atoms with Gasteiger partial charge in [0.25, 0.3) is 5.91 Å². The maximum Gasteiger partial charge on any atom is 0.295 e. The van der Waals surface area contributed by atoms with E-state index in [4.69, 9.17) is 9.15 Å². The van der Waals surface area contributed by atoms with Crippen molar-refractivity contribution in [2.24, 2.45) is 0 Å². The van der Waals surface area contributed by atoms with Gasteiger partial charge in [-0.05, 0) is 61.0 Å². The molecule has 1 amide bonds. The number of hydrogen-bond acceptors (Lipinski definition) is 4. The number of halogens is 1. The molecule has 33 heavy (non-hydrogen) atoms. The number of ether oxygens (including phenoxy) is 1. The summed E-state index contributed by atoms with van der Waals surface area (Å²) in [5, 5.41) is 0.468. The van der Waals surface area contributed by atoms with Crippen LogP contribution in [0.4, 0.5) is 5.69 Å². The second-order valence-corrected chi connectivity index (χ2v) is 8.81. The molecule has 3 aromatic carbocycles. The van der Waals surface area contributed by atoms with Gasteiger partial charge in [0, 0.05) is 10.2 Å². The highest BCUT2D eigenvalue weighted by atomic mass is 79.9. The van der Waals surface area contributed by atoms with Gasteiger partial charge in [-0.15, -0.1) is 0 Å². The normalized spacial score (nSPS) is 15.0. The van der Waals surface area contributed by atoms with Crippen LogP contribution >= 0.6 is 15.9 Å². The topological polar surface area (TPSA) is 59.8 Å². The van der Waals surface area contributed by atoms with Crippen LogP contribution in [-0.4, -0.2) is 12.5 Å². The minimum absolute atomic E-state index is 0.0799. The highest BCUT2D eigenvalue weighted by Crippen LogP contribution is 2.41. The van der Waals surface area contributed by atoms with E-state index in [0.29, 0.717) is 34.6 Å². The number of nitrogens with zero attached hydrogens (tertiary/aromatic N) is 1. The van der Waals surface area contributed by atoms with E-state index in [2.05, 4.69) is 22.5 Å². The Labute approximate surface area is 199 Å². The number of carbonyl (C=O) groups excluding carboxylic acids is 1. The lowest BCUT2D eigenvalue weighted by Gasteiger charge is -2.25. The summed E-state index contributed by atoms with van der Waals surface area (Å²) in [4.78, 5) is 28.9. The fourth-order valence-corrected chi connectivity index (χ4v) is 4.44. The van der Waals surface area contributed by atoms with E-state index in [1.807, 2.05) is 61.5 Å². The first-order valence-electron chi connectivity index (χ1n) is 10.5. The van der Waals surface area contributed by atoms with Crippen molar-refractivity contribution in [3.8, 4) is 5.75 Å². The molecule has 1 aromatic heterocycles. The van der Waals surface area contributed by atoms with Crippen molar-refractivity contribution in [2.75, 3.05) is 11.5 Å². The zero-order chi connectivity index (χ0) is 23.1. The Balaban J connectivity index is 1.72. The molecule has 5 rings (SSSR count). The molecular weight excluding hydrogens is 482 g/mol. The third kappa shape index (κ3) is 3.66. The van der Waals surface area contributed by atoms with E-state index in [0.717, 1.165) is 15.6 Å². The van der Waals surface area contributed by atoms with Gasteiger partial charge in [-0.25, -0.2) is 0 Å². The van der Waals surface area contributed by atoms with Gasteiger partial charge in [-0.1, -0.05) is 52.3 Å². The number of benzene rings is 3. The summed E-state index contributed by atoms with van der Waals surface area (Å²) in [6.07, 6.45) is 1.67. The van der Waals surface area contributed by atoms with Crippen LogP contribution in [0.1, 0.15) is 33.3 Å². The Morgan fingerprint density at radius 1 is 1.06 bits per heavy atom. The molecule has 2 heterocycles. The van der Waals surface area contributed by atoms with Gasteiger partial charge in [-0.2, -0.15) is 0 Å². The Kier molecular flexibility index (Phi) is 5.38. The summed E-state index contributed by atoms with van der Waals surface area (Å²) in [5.41, 5.74) is 2.97. The van der Waals surface area contributed by atoms with Crippen LogP contribution in [0.25, 0.3) is 11.0 Å². The van der Waals surface area contributed by atoms with Gasteiger partial charge < -0.3 is 9.15 Å². The van der Waals surface area contributed by atoms with E-state index in [1.165, 1.54) is 0 Å². The number of rotatable bonds is 5. The van der Waals surface area contributed by atoms with E-state index in [-0.39, 0.29) is 17.1 Å². The average Bonchev–Trinajstić information content (AvgIpc) is 3.11. The summed E-state index contributed by atoms with van der Waals surface area (Å²) in [6, 6.07) is 19.6. The van der Waals surface area contributed by atoms with Gasteiger partial charge in [0.2, 0.25) is 5.76 Å². The summed E-state index contributed by atoms with van der Waals surface area (Å²) in [6.45, 7) is 5.98. The van der Waals surface area contributed by atoms with Crippen molar-refractivity contribution in [1.29, 1.82) is 0 Å². The highest BCUT2D eigenvalue weighted by molar-refractivity contribution is 9.10. The van der Waals surface area contributed by atoms with Crippen molar-refractivity contribution < 1.29 is 13.9 Å². The zero-order valence-corrected chi connectivity index (χ0v) is 19.5. The molecule has 0 bridgehead atoms. The van der Waals surface area contributed by atoms with E-state index < -0.39 is 6.04 Å². The van der Waals surface area contributed by atoms with Crippen LogP contribution in [0.3, 0.4) is 0 Å². The van der Waals surface area contributed by atoms with Crippen LogP contribution in [0, 0.1) is 6.92 Å². The Morgan fingerprint density at radius 2 is 1.79 bits per heavy atom. The molecule has 1 unspecified atom stereocenters. The molecule has 5 nitrogen and oxygen atoms in total. The number of fused-ring (bicyclic) bond motifs is 2. The summed E-state index contributed by atoms with van der Waals surface area (Å²) >= 11 is 3.44. The first kappa shape index (κ1) is 21.2. The van der Waals surface area contributed by atoms with Gasteiger partial charge >= 0.3 is 0 Å². The van der Waals surface area contributed by atoms with Crippen molar-refractivity contribution in [3.63, 3.8) is 0 Å². The molecule has 0 spiro atoms. The van der Waals surface area contributed by atoms with Crippen LogP contribution in [0.5, 0.6) is 5.75 Å². The zero-order valence-electron chi connectivity index (χ0n) is 17.9. The lowest BCUT2D eigenvalue weighted by molar-refractivity contribution is 0.0971. The molecule has 0 radical (unpaired) electrons. The van der Waals surface area contributed by atoms with Crippen LogP contribution in [-0.2, 0) is 0 Å². The number of carbonyl (C=O) groups is 1. The van der Waals surface area contributed by atoms with Crippen molar-refractivity contribution in [1.82, 2.24) is 0 Å². The smallest absolute Gasteiger partial charge is 0.295 e. The molecule has 4 aromatic rings. The molecule has 1 atom stereocenters. The van der Waals surface area contributed by atoms with E-state index in [1.54, 1.807) is 23.1 Å². The minimum atomic E-state index is -0.622. The summed E-state index contributed by atoms with van der Waals surface area (Å²) in [5.74, 6) is 0.416. The molecule has 1 aliphatic heterocycles. The molecule has 0 saturated carbocycles. The highest BCUT2D eigenvalue weighted by Gasteiger charge is 2.43. The Hall–Kier alpha value is -3.64. The van der Waals surface area contributed by atoms with E-state index >= 15 is 0 Å². The maximum atomic E-state index is 13.7. The first-order valence-corrected chi connectivity index (χ1v) is 11.3. The number of amides is 1. The third-order valence-electron chi connectivity index (χ3n) is 5.69. The summed E-state index contributed by atoms with van der Waals surface area (Å²) < 4.78 is 12.5. The quantitative estimate of drug-likeness (QED) is 0.306. The fraction of sp³-hybridized carbons (Fsp3) is 0.111. The van der Waals surface area contributed by atoms with Crippen LogP contribution in [0.2, 0.25) is 0 Å². The molecule has 0 saturated heterocycles. The Bertz CT molecular complexity index is 1440. The number of hydrogen-bond donors (Lipinski definition) is 0. The average molecular weight is 502 g/mol. The Morgan fingerprint density at radius 3 is 2.48 bits per heavy atom. The predicted molar refractivity (Wildman–Crippen MR) is 132 cm³/mol. The second kappa shape index (κ2) is 8.37. The van der Waals surface area contributed by atoms with Gasteiger partial charge in [-0.3, -0.25) is 14.5 Å². The number of anilines is 1. The maximum absolute atomic E-state index is 13.7. The van der Waals surface area contributed by atoms with Crippen LogP contribution in [0.15, 0.2) is 93.1 Å². The predicted octanol–water partition coefficient (Wildman–Crippen LogP) is 6.18. The van der Waals surface area contributed by atoms with Gasteiger partial charge in [0.15, 0.2) is 5.43 Å². The molecule has 0 N–H and O–H groups in total. The van der Waals surface area contributed by atoms with Gasteiger partial charge in [0.05, 0.1) is 17.0 Å². The first-order chi connectivity index (χ1) is 16.0. The van der Waals surface area contributed by atoms with Crippen LogP contribution < -0.4 is 15.1 Å². The monoisotopic (exact) mass is 501 g/mol. The fourth-order valence-electron chi connectivity index (χ4n) is 4.17. The molecule has 1 aliphatic rings. The number of aryl methyl sites for hydroxylation is 1. The molecule has 6 heteroatoms. The summed E-state index contributed by atoms with van der Waals surface area (Å²) in [7, 11) is 0. The SMILES string of the molecule is C=CCOc1ccc(C2c3c(oc4ccc(C)cc4c3=O)C(=O)N2c2ccc(Br)cc2)cc1. The largest absolute Gasteiger partial charge is 0.490 e. The lowest BCUT2D eigenvalue weighted by Crippen LogP contribution is -2.29. The second-order valence-electron chi connectivity index (χ2n) is 7.90. The molecule has 0 fully saturated rings. The van der Waals surface area contributed by atoms with Crippen molar-refractivity contribution in [2.45, 2.75) is 13.0 Å². The van der Waals surface area contributed by atoms with Crippen molar-refractivity contribution in [3.05, 3.63) is 117 Å². The minimum Gasteiger partial charge on any atom is -0.490 e. The third-order valence-corrected chi connectivity index (χ3v) is 6.22. The molecule has 0 aliphatic carbocycles. The van der Waals surface area contributed by atoms with Crippen molar-refractivity contribution >= 4 is 38.5 Å². The molecule has 164 valence electrons.